The molecule has 2 aromatic carbocycles. The molecule has 12 heteroatoms. The lowest BCUT2D eigenvalue weighted by atomic mass is 9.92. The highest BCUT2D eigenvalue weighted by Gasteiger charge is 2.49. The van der Waals surface area contributed by atoms with Crippen LogP contribution in [-0.2, 0) is 21.3 Å². The van der Waals surface area contributed by atoms with Crippen LogP contribution >= 0.6 is 11.6 Å². The van der Waals surface area contributed by atoms with Gasteiger partial charge >= 0.3 is 12.2 Å². The lowest BCUT2D eigenvalue weighted by Crippen LogP contribution is -2.42. The van der Waals surface area contributed by atoms with Crippen molar-refractivity contribution >= 4 is 35.1 Å². The normalized spacial score (nSPS) is 18.9. The summed E-state index contributed by atoms with van der Waals surface area (Å²) in [5.41, 5.74) is -3.25. The number of alkyl halides is 3. The molecule has 0 aliphatic carbocycles. The standard InChI is InChI=1S/C19H13ClF5N3O3/c1-18(9-2-5-13(21)14(22)6-9)16(30)28(17(31)27-18)8-15(29)26-10-3-4-12(20)11(7-10)19(23,24)25/h2-7H,8H2,1H3,(H,26,29)(H,27,31). The zero-order valence-electron chi connectivity index (χ0n) is 15.6. The van der Waals surface area contributed by atoms with Gasteiger partial charge in [0.05, 0.1) is 10.6 Å². The average molecular weight is 462 g/mol. The maximum Gasteiger partial charge on any atom is 0.417 e. The number of imide groups is 1. The number of amides is 4. The highest BCUT2D eigenvalue weighted by Crippen LogP contribution is 2.36. The summed E-state index contributed by atoms with van der Waals surface area (Å²) in [6.45, 7) is 0.417. The molecule has 2 aromatic rings. The van der Waals surface area contributed by atoms with E-state index < -0.39 is 58.3 Å². The average Bonchev–Trinajstić information content (AvgIpc) is 2.88. The van der Waals surface area contributed by atoms with Gasteiger partial charge in [-0.1, -0.05) is 17.7 Å². The first-order valence-corrected chi connectivity index (χ1v) is 8.97. The van der Waals surface area contributed by atoms with Gasteiger partial charge in [0.25, 0.3) is 5.91 Å². The fourth-order valence-corrected chi connectivity index (χ4v) is 3.23. The predicted molar refractivity (Wildman–Crippen MR) is 99.0 cm³/mol. The van der Waals surface area contributed by atoms with Crippen LogP contribution in [0.2, 0.25) is 5.02 Å². The van der Waals surface area contributed by atoms with E-state index in [2.05, 4.69) is 10.6 Å². The number of nitrogens with one attached hydrogen (secondary N) is 2. The third kappa shape index (κ3) is 4.31. The Balaban J connectivity index is 1.77. The fraction of sp³-hybridized carbons (Fsp3) is 0.211. The smallest absolute Gasteiger partial charge is 0.325 e. The van der Waals surface area contributed by atoms with Gasteiger partial charge in [-0.3, -0.25) is 14.5 Å². The number of nitrogens with zero attached hydrogens (tertiary/aromatic N) is 1. The third-order valence-electron chi connectivity index (χ3n) is 4.63. The van der Waals surface area contributed by atoms with E-state index >= 15 is 0 Å². The highest BCUT2D eigenvalue weighted by atomic mass is 35.5. The maximum atomic E-state index is 13.6. The molecule has 1 unspecified atom stereocenters. The molecule has 1 saturated heterocycles. The van der Waals surface area contributed by atoms with Gasteiger partial charge in [0, 0.05) is 5.69 Å². The summed E-state index contributed by atoms with van der Waals surface area (Å²) >= 11 is 5.51. The second-order valence-electron chi connectivity index (χ2n) is 6.82. The molecule has 164 valence electrons. The van der Waals surface area contributed by atoms with E-state index in [-0.39, 0.29) is 11.3 Å². The van der Waals surface area contributed by atoms with Crippen LogP contribution in [0.3, 0.4) is 0 Å². The molecule has 3 rings (SSSR count). The zero-order chi connectivity index (χ0) is 23.1. The highest BCUT2D eigenvalue weighted by molar-refractivity contribution is 6.31. The number of benzene rings is 2. The molecular formula is C19H13ClF5N3O3. The van der Waals surface area contributed by atoms with Crippen molar-refractivity contribution in [1.82, 2.24) is 10.2 Å². The minimum absolute atomic E-state index is 0.0554. The Kier molecular flexibility index (Phi) is 5.66. The van der Waals surface area contributed by atoms with Crippen LogP contribution < -0.4 is 10.6 Å². The minimum Gasteiger partial charge on any atom is -0.325 e. The fourth-order valence-electron chi connectivity index (χ4n) is 3.01. The van der Waals surface area contributed by atoms with Crippen molar-refractivity contribution in [3.8, 4) is 0 Å². The topological polar surface area (TPSA) is 78.5 Å². The van der Waals surface area contributed by atoms with Gasteiger partial charge in [0.2, 0.25) is 5.91 Å². The Morgan fingerprint density at radius 3 is 2.42 bits per heavy atom. The number of halogens is 6. The maximum absolute atomic E-state index is 13.6. The molecule has 4 amide bonds. The quantitative estimate of drug-likeness (QED) is 0.533. The predicted octanol–water partition coefficient (Wildman–Crippen LogP) is 4.04. The summed E-state index contributed by atoms with van der Waals surface area (Å²) in [6.07, 6.45) is -4.76. The van der Waals surface area contributed by atoms with Crippen molar-refractivity contribution in [1.29, 1.82) is 0 Å². The molecule has 1 atom stereocenters. The van der Waals surface area contributed by atoms with E-state index in [0.29, 0.717) is 11.0 Å². The third-order valence-corrected chi connectivity index (χ3v) is 4.96. The number of hydrogen-bond acceptors (Lipinski definition) is 3. The van der Waals surface area contributed by atoms with Crippen LogP contribution in [0, 0.1) is 11.6 Å². The summed E-state index contributed by atoms with van der Waals surface area (Å²) in [6, 6.07) is 4.30. The monoisotopic (exact) mass is 461 g/mol. The first-order chi connectivity index (χ1) is 14.3. The van der Waals surface area contributed by atoms with Crippen molar-refractivity contribution in [2.24, 2.45) is 0 Å². The molecule has 1 fully saturated rings. The molecule has 0 spiro atoms. The molecule has 31 heavy (non-hydrogen) atoms. The number of carbonyl (C=O) groups excluding carboxylic acids is 3. The number of anilines is 1. The van der Waals surface area contributed by atoms with Gasteiger partial charge in [0.1, 0.15) is 12.1 Å². The van der Waals surface area contributed by atoms with E-state index in [1.54, 1.807) is 0 Å². The van der Waals surface area contributed by atoms with Crippen molar-refractivity contribution in [3.05, 3.63) is 64.2 Å². The van der Waals surface area contributed by atoms with Gasteiger partial charge in [-0.2, -0.15) is 13.2 Å². The second-order valence-corrected chi connectivity index (χ2v) is 7.22. The molecule has 0 radical (unpaired) electrons. The first-order valence-electron chi connectivity index (χ1n) is 8.59. The van der Waals surface area contributed by atoms with Crippen LogP contribution in [0.5, 0.6) is 0 Å². The largest absolute Gasteiger partial charge is 0.417 e. The zero-order valence-corrected chi connectivity index (χ0v) is 16.4. The SMILES string of the molecule is CC1(c2ccc(F)c(F)c2)NC(=O)N(CC(=O)Nc2ccc(Cl)c(C(F)(F)F)c2)C1=O. The van der Waals surface area contributed by atoms with Gasteiger partial charge < -0.3 is 10.6 Å². The van der Waals surface area contributed by atoms with Crippen LogP contribution in [-0.4, -0.2) is 29.3 Å². The molecule has 0 aromatic heterocycles. The molecule has 1 aliphatic heterocycles. The molecule has 1 aliphatic rings. The van der Waals surface area contributed by atoms with Crippen molar-refractivity contribution in [2.75, 3.05) is 11.9 Å². The second kappa shape index (κ2) is 7.80. The van der Waals surface area contributed by atoms with Gasteiger partial charge in [-0.05, 0) is 42.8 Å². The summed E-state index contributed by atoms with van der Waals surface area (Å²) < 4.78 is 65.6. The van der Waals surface area contributed by atoms with E-state index in [1.807, 2.05) is 0 Å². The Morgan fingerprint density at radius 1 is 1.13 bits per heavy atom. The molecule has 6 nitrogen and oxygen atoms in total. The summed E-state index contributed by atoms with van der Waals surface area (Å²) in [5.74, 6) is -4.28. The van der Waals surface area contributed by atoms with E-state index in [1.165, 1.54) is 6.92 Å². The lowest BCUT2D eigenvalue weighted by molar-refractivity contribution is -0.137. The van der Waals surface area contributed by atoms with Crippen molar-refractivity contribution < 1.29 is 36.3 Å². The van der Waals surface area contributed by atoms with Gasteiger partial charge in [0.15, 0.2) is 11.6 Å². The molecule has 0 bridgehead atoms. The first kappa shape index (κ1) is 22.5. The van der Waals surface area contributed by atoms with Crippen LogP contribution in [0.25, 0.3) is 0 Å². The molecule has 2 N–H and O–H groups in total. The summed E-state index contributed by atoms with van der Waals surface area (Å²) in [5, 5.41) is 3.89. The Morgan fingerprint density at radius 2 is 1.81 bits per heavy atom. The van der Waals surface area contributed by atoms with Crippen molar-refractivity contribution in [2.45, 2.75) is 18.6 Å². The van der Waals surface area contributed by atoms with Crippen molar-refractivity contribution in [3.63, 3.8) is 0 Å². The molecular weight excluding hydrogens is 449 g/mol. The van der Waals surface area contributed by atoms with Crippen LogP contribution in [0.4, 0.5) is 32.4 Å². The summed E-state index contributed by atoms with van der Waals surface area (Å²) in [7, 11) is 0. The van der Waals surface area contributed by atoms with E-state index in [4.69, 9.17) is 11.6 Å². The summed E-state index contributed by atoms with van der Waals surface area (Å²) in [4.78, 5) is 37.7. The molecule has 0 saturated carbocycles. The Labute approximate surface area is 177 Å². The minimum atomic E-state index is -4.76. The molecule has 1 heterocycles. The Bertz CT molecular complexity index is 1090. The van der Waals surface area contributed by atoms with Crippen LogP contribution in [0.1, 0.15) is 18.1 Å². The van der Waals surface area contributed by atoms with Crippen LogP contribution in [0.15, 0.2) is 36.4 Å². The van der Waals surface area contributed by atoms with E-state index in [0.717, 1.165) is 30.3 Å². The number of urea groups is 1. The number of carbonyl (C=O) groups is 3. The number of hydrogen-bond donors (Lipinski definition) is 2. The lowest BCUT2D eigenvalue weighted by Gasteiger charge is -2.22. The van der Waals surface area contributed by atoms with Gasteiger partial charge in [-0.15, -0.1) is 0 Å². The number of rotatable bonds is 4. The Hall–Kier alpha value is -3.21. The van der Waals surface area contributed by atoms with Gasteiger partial charge in [-0.25, -0.2) is 13.6 Å². The van der Waals surface area contributed by atoms with E-state index in [9.17, 15) is 36.3 Å².